The second-order valence-corrected chi connectivity index (χ2v) is 31.9. The standard InChI is InChI=1S/C25H32N6O4.C23H31N5O3.C22H30N6O3.C3H3ClO.3CH4.HIO7S/c1-5-23(32)30-12-9-19(10-13-30)35-22-7-6-18(14-27-22)17(4)28-24-26-11-8-21(29-24)31-20(16(2)3)15-34-25(31)33;1-15(2)19-14-30-23(29)28(19)20-11-12-24-22(27-20)26-16(3)17-9-10-21(25-13-17)31-18-7-5-4-6-8-18;1-14(2)18-13-30-22(29)28(18)19-8-11-24-21(27-19)26-15(3)16-4-5-20(25-12-16)31-17-6-9-23-10-7-17;1-2-3(4)5;;;;1-9(3,4)8-7-6-5-2/h5-8,11,14,16-17,19-20H,1,9-10,12-13,15H2,2-4H3,(H,26,28,29);9-13,15-16,18-19H,4-8,14H2,1-3H3,(H,24,26,27);4-5,8,11-12,14-15,17-18,23H,6-7,9-10,13H2,1-3H3,(H,24,26,27);2H,1H2;3*1H4;2H/t17?,20-;16?,19-;15?,18-;;;;;/m111...../s1. The summed E-state index contributed by atoms with van der Waals surface area (Å²) >= 11 is 5.63. The van der Waals surface area contributed by atoms with Crippen molar-refractivity contribution >= 4 is 105 Å². The minimum absolute atomic E-state index is 0. The third-order valence-corrected chi connectivity index (χ3v) is 19.3. The number of nitrogens with one attached hydrogen (secondary N) is 4. The van der Waals surface area contributed by atoms with Gasteiger partial charge in [0, 0.05) is 81.3 Å². The molecule has 6 aromatic rings. The summed E-state index contributed by atoms with van der Waals surface area (Å²) in [5.41, 5.74) is 2.94. The lowest BCUT2D eigenvalue weighted by Crippen LogP contribution is -2.41. The van der Waals surface area contributed by atoms with Gasteiger partial charge in [0.15, 0.2) is 0 Å². The Balaban J connectivity index is 0.000000278. The molecular weight excluding hydrogens is 1630 g/mol. The summed E-state index contributed by atoms with van der Waals surface area (Å²) in [4.78, 5) is 104. The van der Waals surface area contributed by atoms with Crippen molar-refractivity contribution in [3.63, 3.8) is 0 Å². The Morgan fingerprint density at radius 3 is 1.18 bits per heavy atom. The Bertz CT molecular complexity index is 3950. The Hall–Kier alpha value is -9.35. The molecule has 6 aliphatic rings. The van der Waals surface area contributed by atoms with Gasteiger partial charge in [-0.05, 0) is 164 Å². The van der Waals surface area contributed by atoms with Crippen LogP contribution in [0.5, 0.6) is 17.6 Å². The highest BCUT2D eigenvalue weighted by molar-refractivity contribution is 14.2. The van der Waals surface area contributed by atoms with E-state index in [0.717, 1.165) is 95.6 Å². The van der Waals surface area contributed by atoms with Gasteiger partial charge < -0.3 is 54.6 Å². The van der Waals surface area contributed by atoms with Crippen molar-refractivity contribution in [3.05, 3.63) is 134 Å². The normalized spacial score (nSPS) is 18.4. The van der Waals surface area contributed by atoms with Crippen LogP contribution in [0.15, 0.2) is 117 Å². The number of amides is 4. The maximum absolute atomic E-state index is 12.3. The molecule has 6 fully saturated rings. The number of carbonyl (C=O) groups excluding carboxylic acids is 5. The summed E-state index contributed by atoms with van der Waals surface area (Å²) in [7, 11) is -3.76. The second-order valence-electron chi connectivity index (χ2n) is 27.3. The maximum Gasteiger partial charge on any atom is 0.415 e. The van der Waals surface area contributed by atoms with Crippen LogP contribution in [0, 0.1) is 17.8 Å². The predicted molar refractivity (Wildman–Crippen MR) is 438 cm³/mol. The summed E-state index contributed by atoms with van der Waals surface area (Å²) < 4.78 is 57.0. The Labute approximate surface area is 684 Å². The van der Waals surface area contributed by atoms with Crippen LogP contribution in [0.3, 0.4) is 0 Å². The number of ether oxygens (including phenoxy) is 6. The summed E-state index contributed by atoms with van der Waals surface area (Å²) in [6.07, 6.45) is 21.6. The van der Waals surface area contributed by atoms with Crippen LogP contribution in [-0.2, 0) is 50.5 Å². The molecule has 38 heteroatoms. The maximum atomic E-state index is 12.3. The number of anilines is 6. The number of likely N-dealkylation sites (tertiary alicyclic amines) is 1. The molecular formula is C76H109ClIN17O18S. The molecule has 5 N–H and O–H groups in total. The topological polar surface area (TPSA) is 409 Å². The number of cyclic esters (lactones) is 3. The van der Waals surface area contributed by atoms with Crippen molar-refractivity contribution in [1.82, 2.24) is 55.1 Å². The second kappa shape index (κ2) is 47.5. The molecule has 1 aliphatic carbocycles. The Morgan fingerprint density at radius 2 is 0.877 bits per heavy atom. The van der Waals surface area contributed by atoms with E-state index in [1.165, 1.54) is 25.3 Å². The van der Waals surface area contributed by atoms with E-state index in [0.29, 0.717) is 85.8 Å². The summed E-state index contributed by atoms with van der Waals surface area (Å²) in [6, 6.07) is 16.4. The lowest BCUT2D eigenvalue weighted by atomic mass is 9.98. The number of hydrogen-bond acceptors (Lipinski definition) is 31. The SMILES string of the molecule is C.C.C.C=CC(=O)Cl.C=CC(=O)N1CCC(Oc2ccc(C(C)Nc3nccc(N4C(=O)OC[C@@H]4C(C)C)n3)cn2)CC1.CC(Nc1nccc(N2C(=O)OC[C@@H]2C(C)C)n1)c1ccc(OC2CCCCC2)nc1.CC(Nc1nccc(N2C(=O)OC[C@@H]2C(C)C)n1)c1ccc(OC2CCNCC2)nc1.O=S(=O)(I)OOOOO. The molecule has 0 radical (unpaired) electrons. The molecule has 35 nitrogen and oxygen atoms in total. The van der Waals surface area contributed by atoms with E-state index in [9.17, 15) is 32.4 Å². The molecule has 0 spiro atoms. The van der Waals surface area contributed by atoms with Crippen LogP contribution >= 0.6 is 32.8 Å². The zero-order valence-corrected chi connectivity index (χ0v) is 67.1. The van der Waals surface area contributed by atoms with E-state index < -0.39 is 12.5 Å². The van der Waals surface area contributed by atoms with Crippen molar-refractivity contribution in [1.29, 1.82) is 0 Å². The van der Waals surface area contributed by atoms with Crippen LogP contribution in [-0.4, -0.2) is 175 Å². The van der Waals surface area contributed by atoms with Gasteiger partial charge in [0.1, 0.15) is 76.8 Å². The number of halogens is 2. The van der Waals surface area contributed by atoms with Gasteiger partial charge in [0.25, 0.3) is 0 Å². The number of allylic oxidation sites excluding steroid dienone is 1. The first-order chi connectivity index (χ1) is 53.2. The fourth-order valence-electron chi connectivity index (χ4n) is 12.2. The van der Waals surface area contributed by atoms with E-state index in [1.54, 1.807) is 62.6 Å². The van der Waals surface area contributed by atoms with E-state index in [-0.39, 0.29) is 119 Å². The average Bonchev–Trinajstić information content (AvgIpc) is 1.65. The van der Waals surface area contributed by atoms with Crippen LogP contribution in [0.25, 0.3) is 0 Å². The molecule has 5 aliphatic heterocycles. The predicted octanol–water partition coefficient (Wildman–Crippen LogP) is 14.3. The van der Waals surface area contributed by atoms with Gasteiger partial charge in [0.2, 0.25) is 46.6 Å². The highest BCUT2D eigenvalue weighted by Crippen LogP contribution is 2.32. The Kier molecular flexibility index (Phi) is 39.7. The van der Waals surface area contributed by atoms with E-state index >= 15 is 0 Å². The Morgan fingerprint density at radius 1 is 0.535 bits per heavy atom. The van der Waals surface area contributed by atoms with Crippen molar-refractivity contribution in [2.45, 2.75) is 197 Å². The number of pyridine rings is 3. The number of rotatable bonds is 27. The van der Waals surface area contributed by atoms with E-state index in [4.69, 9.17) is 45.3 Å². The third kappa shape index (κ3) is 29.5. The summed E-state index contributed by atoms with van der Waals surface area (Å²) in [5, 5.41) is 29.3. The summed E-state index contributed by atoms with van der Waals surface area (Å²) in [6.45, 7) is 29.4. The van der Waals surface area contributed by atoms with Crippen molar-refractivity contribution < 1.29 is 85.5 Å². The lowest BCUT2D eigenvalue weighted by Gasteiger charge is -2.31. The molecule has 114 heavy (non-hydrogen) atoms. The van der Waals surface area contributed by atoms with Crippen LogP contribution in [0.2, 0.25) is 0 Å². The molecule has 0 bridgehead atoms. The van der Waals surface area contributed by atoms with Gasteiger partial charge in [-0.15, -0.1) is 0 Å². The molecule has 626 valence electrons. The largest absolute Gasteiger partial charge is 0.474 e. The smallest absolute Gasteiger partial charge is 0.415 e. The molecule has 1 saturated carbocycles. The van der Waals surface area contributed by atoms with E-state index in [1.807, 2.05) is 69.6 Å². The van der Waals surface area contributed by atoms with Crippen molar-refractivity contribution in [2.75, 3.05) is 76.6 Å². The fraction of sp³-hybridized carbons (Fsp3) is 0.526. The molecule has 5 saturated heterocycles. The van der Waals surface area contributed by atoms with Gasteiger partial charge in [-0.1, -0.05) is 106 Å². The zero-order chi connectivity index (χ0) is 80.2. The zero-order valence-electron chi connectivity index (χ0n) is 63.3. The number of aromatic nitrogens is 9. The average molecular weight is 1740 g/mol. The first kappa shape index (κ1) is 95.2. The van der Waals surface area contributed by atoms with Crippen molar-refractivity contribution in [2.24, 2.45) is 17.8 Å². The van der Waals surface area contributed by atoms with Crippen LogP contribution in [0.1, 0.15) is 177 Å². The van der Waals surface area contributed by atoms with Gasteiger partial charge in [-0.2, -0.15) is 23.4 Å². The highest BCUT2D eigenvalue weighted by atomic mass is 127. The van der Waals surface area contributed by atoms with Crippen LogP contribution in [0.4, 0.5) is 49.7 Å². The molecule has 0 aromatic carbocycles. The van der Waals surface area contributed by atoms with Gasteiger partial charge in [0.05, 0.1) is 36.3 Å². The van der Waals surface area contributed by atoms with Gasteiger partial charge in [-0.25, -0.2) is 49.5 Å². The molecule has 4 amide bonds. The fourth-order valence-corrected chi connectivity index (χ4v) is 12.5. The number of piperidine rings is 2. The minimum Gasteiger partial charge on any atom is -0.474 e. The van der Waals surface area contributed by atoms with Crippen LogP contribution < -0.4 is 50.2 Å². The number of hydrogen-bond donors (Lipinski definition) is 5. The molecule has 6 aromatic heterocycles. The summed E-state index contributed by atoms with van der Waals surface area (Å²) in [5.74, 6) is 5.50. The quantitative estimate of drug-likeness (QED) is 0.00608. The number of nitrogens with zero attached hydrogens (tertiary/aromatic N) is 13. The lowest BCUT2D eigenvalue weighted by molar-refractivity contribution is -0.683. The van der Waals surface area contributed by atoms with Gasteiger partial charge in [-0.3, -0.25) is 24.3 Å². The minimum atomic E-state index is -3.76. The number of carbonyl (C=O) groups is 5. The first-order valence-electron chi connectivity index (χ1n) is 36.5. The van der Waals surface area contributed by atoms with E-state index in [2.05, 4.69) is 140 Å². The van der Waals surface area contributed by atoms with Gasteiger partial charge >= 0.3 is 25.6 Å². The first-order valence-corrected chi connectivity index (χ1v) is 40.8. The third-order valence-electron chi connectivity index (χ3n) is 18.5. The molecule has 3 unspecified atom stereocenters. The van der Waals surface area contributed by atoms with Crippen molar-refractivity contribution in [3.8, 4) is 17.6 Å². The molecule has 12 rings (SSSR count). The monoisotopic (exact) mass is 1740 g/mol. The molecule has 11 heterocycles. The molecule has 6 atom stereocenters. The highest BCUT2D eigenvalue weighted by Gasteiger charge is 2.40.